The molecular weight excluding hydrogens is 479 g/mol. The van der Waals surface area contributed by atoms with E-state index in [1.54, 1.807) is 11.9 Å². The summed E-state index contributed by atoms with van der Waals surface area (Å²) in [4.78, 5) is 25.7. The van der Waals surface area contributed by atoms with Crippen LogP contribution in [0.5, 0.6) is 0 Å². The normalized spacial score (nSPS) is 18.3. The van der Waals surface area contributed by atoms with Gasteiger partial charge < -0.3 is 20.4 Å². The Kier molecular flexibility index (Phi) is 8.98. The highest BCUT2D eigenvalue weighted by Gasteiger charge is 2.42. The van der Waals surface area contributed by atoms with Crippen LogP contribution in [-0.2, 0) is 11.3 Å². The van der Waals surface area contributed by atoms with Crippen molar-refractivity contribution in [2.75, 3.05) is 45.7 Å². The molecule has 1 saturated heterocycles. The fourth-order valence-corrected chi connectivity index (χ4v) is 4.31. The van der Waals surface area contributed by atoms with Crippen LogP contribution in [0.2, 0.25) is 0 Å². The minimum Gasteiger partial charge on any atom is -0.357 e. The third kappa shape index (κ3) is 5.96. The monoisotopic (exact) mass is 514 g/mol. The number of pyridine rings is 1. The zero-order chi connectivity index (χ0) is 20.0. The fourth-order valence-electron chi connectivity index (χ4n) is 4.31. The van der Waals surface area contributed by atoms with Gasteiger partial charge in [-0.3, -0.25) is 9.79 Å². The highest BCUT2D eigenvalue weighted by Crippen LogP contribution is 2.38. The predicted octanol–water partition coefficient (Wildman–Crippen LogP) is 2.61. The molecule has 2 N–H and O–H groups in total. The SMILES string of the molecule is CN=C(NCc1ccc(N2CCCC2)nc1)NCC1(C(=O)N(C)C)CCCC1.I. The van der Waals surface area contributed by atoms with Crippen LogP contribution in [0.3, 0.4) is 0 Å². The third-order valence-electron chi connectivity index (χ3n) is 5.94. The topological polar surface area (TPSA) is 72.9 Å². The average Bonchev–Trinajstić information content (AvgIpc) is 3.41. The summed E-state index contributed by atoms with van der Waals surface area (Å²) in [5, 5.41) is 6.72. The van der Waals surface area contributed by atoms with Gasteiger partial charge in [-0.05, 0) is 37.3 Å². The smallest absolute Gasteiger partial charge is 0.230 e. The molecule has 8 heteroatoms. The van der Waals surface area contributed by atoms with E-state index < -0.39 is 0 Å². The van der Waals surface area contributed by atoms with Crippen LogP contribution in [0.1, 0.15) is 44.1 Å². The summed E-state index contributed by atoms with van der Waals surface area (Å²) in [6.07, 6.45) is 8.55. The van der Waals surface area contributed by atoms with Crippen molar-refractivity contribution in [1.29, 1.82) is 0 Å². The number of rotatable bonds is 6. The van der Waals surface area contributed by atoms with Crippen molar-refractivity contribution in [3.63, 3.8) is 0 Å². The number of aliphatic imine (C=N–C) groups is 1. The van der Waals surface area contributed by atoms with E-state index in [-0.39, 0.29) is 35.3 Å². The molecule has 0 radical (unpaired) electrons. The molecule has 2 heterocycles. The van der Waals surface area contributed by atoms with E-state index >= 15 is 0 Å². The van der Waals surface area contributed by atoms with E-state index in [0.29, 0.717) is 13.1 Å². The lowest BCUT2D eigenvalue weighted by Crippen LogP contribution is -2.49. The molecule has 0 atom stereocenters. The van der Waals surface area contributed by atoms with Gasteiger partial charge in [0.05, 0.1) is 5.41 Å². The Hall–Kier alpha value is -1.58. The number of nitrogens with zero attached hydrogens (tertiary/aromatic N) is 4. The Labute approximate surface area is 191 Å². The van der Waals surface area contributed by atoms with Crippen LogP contribution >= 0.6 is 24.0 Å². The molecule has 3 rings (SSSR count). The Morgan fingerprint density at radius 2 is 1.86 bits per heavy atom. The molecule has 1 amide bonds. The summed E-state index contributed by atoms with van der Waals surface area (Å²) in [6, 6.07) is 4.22. The molecule has 1 aromatic heterocycles. The summed E-state index contributed by atoms with van der Waals surface area (Å²) in [6.45, 7) is 3.49. The Balaban J connectivity index is 0.00000300. The largest absolute Gasteiger partial charge is 0.357 e. The summed E-state index contributed by atoms with van der Waals surface area (Å²) < 4.78 is 0. The second-order valence-electron chi connectivity index (χ2n) is 8.19. The molecule has 2 fully saturated rings. The minimum absolute atomic E-state index is 0. The van der Waals surface area contributed by atoms with Crippen LogP contribution in [-0.4, -0.2) is 62.5 Å². The van der Waals surface area contributed by atoms with Crippen molar-refractivity contribution in [1.82, 2.24) is 20.5 Å². The van der Waals surface area contributed by atoms with E-state index in [4.69, 9.17) is 0 Å². The first-order valence-electron chi connectivity index (χ1n) is 10.4. The molecule has 29 heavy (non-hydrogen) atoms. The van der Waals surface area contributed by atoms with Crippen molar-refractivity contribution >= 4 is 41.7 Å². The lowest BCUT2D eigenvalue weighted by molar-refractivity contribution is -0.138. The molecule has 1 aliphatic heterocycles. The van der Waals surface area contributed by atoms with Gasteiger partial charge in [0.25, 0.3) is 0 Å². The van der Waals surface area contributed by atoms with Crippen molar-refractivity contribution < 1.29 is 4.79 Å². The summed E-state index contributed by atoms with van der Waals surface area (Å²) in [7, 11) is 5.45. The van der Waals surface area contributed by atoms with Crippen molar-refractivity contribution in [3.05, 3.63) is 23.9 Å². The predicted molar refractivity (Wildman–Crippen MR) is 129 cm³/mol. The summed E-state index contributed by atoms with van der Waals surface area (Å²) >= 11 is 0. The maximum absolute atomic E-state index is 12.7. The first kappa shape index (κ1) is 23.7. The van der Waals surface area contributed by atoms with E-state index in [2.05, 4.69) is 37.6 Å². The number of guanidine groups is 1. The molecule has 1 aromatic rings. The number of amides is 1. The maximum Gasteiger partial charge on any atom is 0.230 e. The zero-order valence-electron chi connectivity index (χ0n) is 17.9. The van der Waals surface area contributed by atoms with E-state index in [0.717, 1.165) is 56.1 Å². The highest BCUT2D eigenvalue weighted by molar-refractivity contribution is 14.0. The fraction of sp³-hybridized carbons (Fsp3) is 0.667. The van der Waals surface area contributed by atoms with Crippen LogP contribution in [0.4, 0.5) is 5.82 Å². The van der Waals surface area contributed by atoms with Gasteiger partial charge in [-0.2, -0.15) is 0 Å². The number of carbonyl (C=O) groups is 1. The highest BCUT2D eigenvalue weighted by atomic mass is 127. The third-order valence-corrected chi connectivity index (χ3v) is 5.94. The molecule has 0 aromatic carbocycles. The summed E-state index contributed by atoms with van der Waals surface area (Å²) in [5.41, 5.74) is 0.811. The van der Waals surface area contributed by atoms with Gasteiger partial charge in [0.1, 0.15) is 5.82 Å². The van der Waals surface area contributed by atoms with E-state index in [1.807, 2.05) is 20.3 Å². The molecule has 0 bridgehead atoms. The number of nitrogens with one attached hydrogen (secondary N) is 2. The lowest BCUT2D eigenvalue weighted by atomic mass is 9.84. The first-order valence-corrected chi connectivity index (χ1v) is 10.4. The van der Waals surface area contributed by atoms with Gasteiger partial charge in [0, 0.05) is 53.5 Å². The van der Waals surface area contributed by atoms with Gasteiger partial charge in [0.15, 0.2) is 5.96 Å². The molecule has 1 aliphatic carbocycles. The molecular formula is C21H35IN6O. The van der Waals surface area contributed by atoms with Gasteiger partial charge >= 0.3 is 0 Å². The Bertz CT molecular complexity index is 679. The van der Waals surface area contributed by atoms with Crippen molar-refractivity contribution in [2.24, 2.45) is 10.4 Å². The van der Waals surface area contributed by atoms with Crippen LogP contribution in [0.15, 0.2) is 23.3 Å². The van der Waals surface area contributed by atoms with E-state index in [9.17, 15) is 4.79 Å². The number of carbonyl (C=O) groups excluding carboxylic acids is 1. The standard InChI is InChI=1S/C21H34N6O.HI/c1-22-20(25-16-21(10-4-5-11-21)19(28)26(2)3)24-15-17-8-9-18(23-14-17)27-12-6-7-13-27;/h8-9,14H,4-7,10-13,15-16H2,1-3H3,(H2,22,24,25);1H. The lowest BCUT2D eigenvalue weighted by Gasteiger charge is -2.31. The Morgan fingerprint density at radius 1 is 1.17 bits per heavy atom. The zero-order valence-corrected chi connectivity index (χ0v) is 20.2. The number of hydrogen-bond acceptors (Lipinski definition) is 4. The molecule has 0 spiro atoms. The second-order valence-corrected chi connectivity index (χ2v) is 8.19. The minimum atomic E-state index is -0.306. The van der Waals surface area contributed by atoms with Crippen LogP contribution in [0, 0.1) is 5.41 Å². The van der Waals surface area contributed by atoms with Gasteiger partial charge in [0.2, 0.25) is 5.91 Å². The maximum atomic E-state index is 12.7. The quantitative estimate of drug-likeness (QED) is 0.347. The van der Waals surface area contributed by atoms with Crippen molar-refractivity contribution in [3.8, 4) is 0 Å². The molecule has 2 aliphatic rings. The van der Waals surface area contributed by atoms with Crippen LogP contribution in [0.25, 0.3) is 0 Å². The molecule has 162 valence electrons. The van der Waals surface area contributed by atoms with Gasteiger partial charge in [-0.25, -0.2) is 4.98 Å². The molecule has 1 saturated carbocycles. The average molecular weight is 514 g/mol. The second kappa shape index (κ2) is 11.0. The van der Waals surface area contributed by atoms with Crippen LogP contribution < -0.4 is 15.5 Å². The first-order chi connectivity index (χ1) is 13.5. The number of halogens is 1. The molecule has 0 unspecified atom stereocenters. The number of hydrogen-bond donors (Lipinski definition) is 2. The number of aromatic nitrogens is 1. The van der Waals surface area contributed by atoms with E-state index in [1.165, 1.54) is 12.8 Å². The van der Waals surface area contributed by atoms with Gasteiger partial charge in [-0.1, -0.05) is 18.9 Å². The number of anilines is 1. The Morgan fingerprint density at radius 3 is 2.41 bits per heavy atom. The van der Waals surface area contributed by atoms with Crippen molar-refractivity contribution in [2.45, 2.75) is 45.1 Å². The summed E-state index contributed by atoms with van der Waals surface area (Å²) in [5.74, 6) is 2.00. The van der Waals surface area contributed by atoms with Gasteiger partial charge in [-0.15, -0.1) is 24.0 Å². The molecule has 7 nitrogen and oxygen atoms in total.